The summed E-state index contributed by atoms with van der Waals surface area (Å²) in [6, 6.07) is 20.2. The molecule has 0 aliphatic heterocycles. The van der Waals surface area contributed by atoms with E-state index in [2.05, 4.69) is 0 Å². The normalized spacial score (nSPS) is 13.0. The fourth-order valence-electron chi connectivity index (χ4n) is 3.20. The van der Waals surface area contributed by atoms with E-state index in [1.807, 2.05) is 18.2 Å². The Morgan fingerprint density at radius 1 is 0.844 bits per heavy atom. The Morgan fingerprint density at radius 2 is 1.50 bits per heavy atom. The van der Waals surface area contributed by atoms with Crippen molar-refractivity contribution in [2.45, 2.75) is 31.7 Å². The number of hydrogen-bond acceptors (Lipinski definition) is 3. The van der Waals surface area contributed by atoms with Gasteiger partial charge in [-0.3, -0.25) is 0 Å². The summed E-state index contributed by atoms with van der Waals surface area (Å²) in [6.07, 6.45) is -6.46. The molecule has 3 aromatic rings. The lowest BCUT2D eigenvalue weighted by Crippen LogP contribution is -2.34. The summed E-state index contributed by atoms with van der Waals surface area (Å²) in [5.41, 5.74) is -0.255. The molecule has 0 aromatic heterocycles. The van der Waals surface area contributed by atoms with Gasteiger partial charge in [-0.1, -0.05) is 42.5 Å². The Labute approximate surface area is 182 Å². The van der Waals surface area contributed by atoms with Crippen molar-refractivity contribution in [1.82, 2.24) is 0 Å². The molecular weight excluding hydrogens is 429 g/mol. The molecule has 0 heterocycles. The van der Waals surface area contributed by atoms with Crippen molar-refractivity contribution >= 4 is 5.69 Å². The number of halogens is 5. The second-order valence-electron chi connectivity index (χ2n) is 7.41. The highest BCUT2D eigenvalue weighted by Crippen LogP contribution is 2.44. The first-order valence-electron chi connectivity index (χ1n) is 9.86. The summed E-state index contributed by atoms with van der Waals surface area (Å²) in [5, 5.41) is 9.92. The van der Waals surface area contributed by atoms with Gasteiger partial charge < -0.3 is 14.7 Å². The van der Waals surface area contributed by atoms with Gasteiger partial charge in [0.25, 0.3) is 0 Å². The molecule has 3 nitrogen and oxygen atoms in total. The Kier molecular flexibility index (Phi) is 7.03. The standard InChI is InChI=1S/C24H22F5NO2/c1-17(31)15-30(16-18-7-5-8-19(13-18)23(25,26)24(27,28)29)20-9-6-12-22(14-20)32-21-10-3-2-4-11-21/h2-14,17,31H,15-16H2,1H3. The predicted octanol–water partition coefficient (Wildman–Crippen LogP) is 6.52. The van der Waals surface area contributed by atoms with Crippen LogP contribution in [0.1, 0.15) is 18.1 Å². The average molecular weight is 451 g/mol. The summed E-state index contributed by atoms with van der Waals surface area (Å²) >= 11 is 0. The van der Waals surface area contributed by atoms with Crippen molar-refractivity contribution < 1.29 is 31.8 Å². The lowest BCUT2D eigenvalue weighted by molar-refractivity contribution is -0.289. The van der Waals surface area contributed by atoms with Crippen molar-refractivity contribution in [2.24, 2.45) is 0 Å². The second kappa shape index (κ2) is 9.56. The summed E-state index contributed by atoms with van der Waals surface area (Å²) < 4.78 is 71.7. The number of hydrogen-bond donors (Lipinski definition) is 1. The maximum atomic E-state index is 13.8. The number of rotatable bonds is 8. The van der Waals surface area contributed by atoms with Crippen LogP contribution >= 0.6 is 0 Å². The number of ether oxygens (including phenoxy) is 1. The molecule has 0 radical (unpaired) electrons. The van der Waals surface area contributed by atoms with E-state index in [4.69, 9.17) is 4.74 Å². The van der Waals surface area contributed by atoms with E-state index in [0.29, 0.717) is 17.2 Å². The predicted molar refractivity (Wildman–Crippen MR) is 112 cm³/mol. The minimum atomic E-state index is -5.69. The molecule has 0 saturated carbocycles. The average Bonchev–Trinajstić information content (AvgIpc) is 2.73. The molecule has 0 spiro atoms. The first kappa shape index (κ1) is 23.5. The molecule has 0 aliphatic carbocycles. The zero-order valence-corrected chi connectivity index (χ0v) is 17.2. The van der Waals surface area contributed by atoms with Gasteiger partial charge in [-0.2, -0.15) is 22.0 Å². The molecule has 1 N–H and O–H groups in total. The smallest absolute Gasteiger partial charge is 0.457 e. The molecule has 3 aromatic carbocycles. The van der Waals surface area contributed by atoms with Gasteiger partial charge in [0.1, 0.15) is 11.5 Å². The van der Waals surface area contributed by atoms with E-state index >= 15 is 0 Å². The minimum Gasteiger partial charge on any atom is -0.457 e. The largest absolute Gasteiger partial charge is 0.458 e. The van der Waals surface area contributed by atoms with E-state index in [1.165, 1.54) is 12.1 Å². The minimum absolute atomic E-state index is 0.0153. The van der Waals surface area contributed by atoms with Crippen molar-refractivity contribution in [1.29, 1.82) is 0 Å². The molecule has 0 bridgehead atoms. The number of benzene rings is 3. The number of alkyl halides is 5. The van der Waals surface area contributed by atoms with Gasteiger partial charge in [-0.05, 0) is 42.8 Å². The lowest BCUT2D eigenvalue weighted by Gasteiger charge is -2.27. The van der Waals surface area contributed by atoms with Crippen LogP contribution in [-0.4, -0.2) is 23.9 Å². The van der Waals surface area contributed by atoms with E-state index in [0.717, 1.165) is 12.1 Å². The molecule has 170 valence electrons. The summed E-state index contributed by atoms with van der Waals surface area (Å²) in [6.45, 7) is 1.71. The second-order valence-corrected chi connectivity index (χ2v) is 7.41. The summed E-state index contributed by atoms with van der Waals surface area (Å²) in [4.78, 5) is 1.69. The Morgan fingerprint density at radius 3 is 2.16 bits per heavy atom. The van der Waals surface area contributed by atoms with Crippen LogP contribution < -0.4 is 9.64 Å². The fourth-order valence-corrected chi connectivity index (χ4v) is 3.20. The molecular formula is C24H22F5NO2. The third-order valence-electron chi connectivity index (χ3n) is 4.67. The van der Waals surface area contributed by atoms with Gasteiger partial charge in [0, 0.05) is 30.4 Å². The van der Waals surface area contributed by atoms with Gasteiger partial charge in [0.2, 0.25) is 0 Å². The van der Waals surface area contributed by atoms with Crippen molar-refractivity contribution in [3.8, 4) is 11.5 Å². The number of para-hydroxylation sites is 1. The SMILES string of the molecule is CC(O)CN(Cc1cccc(C(F)(F)C(F)(F)F)c1)c1cccc(Oc2ccccc2)c1. The van der Waals surface area contributed by atoms with Gasteiger partial charge in [0.15, 0.2) is 0 Å². The third kappa shape index (κ3) is 5.76. The molecule has 0 amide bonds. The maximum Gasteiger partial charge on any atom is 0.458 e. The van der Waals surface area contributed by atoms with Crippen molar-refractivity contribution in [3.63, 3.8) is 0 Å². The quantitative estimate of drug-likeness (QED) is 0.396. The van der Waals surface area contributed by atoms with E-state index in [-0.39, 0.29) is 18.7 Å². The topological polar surface area (TPSA) is 32.7 Å². The third-order valence-corrected chi connectivity index (χ3v) is 4.67. The van der Waals surface area contributed by atoms with Gasteiger partial charge in [-0.15, -0.1) is 0 Å². The first-order chi connectivity index (χ1) is 15.1. The maximum absolute atomic E-state index is 13.8. The molecule has 32 heavy (non-hydrogen) atoms. The molecule has 0 fully saturated rings. The van der Waals surface area contributed by atoms with E-state index < -0.39 is 23.8 Å². The van der Waals surface area contributed by atoms with E-state index in [9.17, 15) is 27.1 Å². The van der Waals surface area contributed by atoms with Crippen LogP contribution in [0.3, 0.4) is 0 Å². The molecule has 1 atom stereocenters. The zero-order valence-electron chi connectivity index (χ0n) is 17.2. The van der Waals surface area contributed by atoms with Crippen LogP contribution in [0.5, 0.6) is 11.5 Å². The molecule has 0 saturated heterocycles. The highest BCUT2D eigenvalue weighted by atomic mass is 19.4. The number of nitrogens with zero attached hydrogens (tertiary/aromatic N) is 1. The van der Waals surface area contributed by atoms with Crippen LogP contribution in [0, 0.1) is 0 Å². The van der Waals surface area contributed by atoms with Crippen LogP contribution in [0.4, 0.5) is 27.6 Å². The Hall–Kier alpha value is -3.13. The molecule has 8 heteroatoms. The van der Waals surface area contributed by atoms with E-state index in [1.54, 1.807) is 48.2 Å². The lowest BCUT2D eigenvalue weighted by atomic mass is 10.0. The molecule has 0 aliphatic rings. The first-order valence-corrected chi connectivity index (χ1v) is 9.86. The summed E-state index contributed by atoms with van der Waals surface area (Å²) in [5.74, 6) is -3.82. The molecule has 1 unspecified atom stereocenters. The number of aliphatic hydroxyl groups excluding tert-OH is 1. The zero-order chi connectivity index (χ0) is 23.4. The van der Waals surface area contributed by atoms with Gasteiger partial charge in [-0.25, -0.2) is 0 Å². The summed E-state index contributed by atoms with van der Waals surface area (Å²) in [7, 11) is 0. The van der Waals surface area contributed by atoms with Crippen LogP contribution in [0.25, 0.3) is 0 Å². The fraction of sp³-hybridized carbons (Fsp3) is 0.250. The van der Waals surface area contributed by atoms with Crippen LogP contribution in [0.15, 0.2) is 78.9 Å². The highest BCUT2D eigenvalue weighted by Gasteiger charge is 2.58. The van der Waals surface area contributed by atoms with Crippen molar-refractivity contribution in [2.75, 3.05) is 11.4 Å². The van der Waals surface area contributed by atoms with Gasteiger partial charge >= 0.3 is 12.1 Å². The number of aliphatic hydroxyl groups is 1. The van der Waals surface area contributed by atoms with Crippen LogP contribution in [0.2, 0.25) is 0 Å². The van der Waals surface area contributed by atoms with Crippen LogP contribution in [-0.2, 0) is 12.5 Å². The number of anilines is 1. The van der Waals surface area contributed by atoms with Gasteiger partial charge in [0.05, 0.1) is 6.10 Å². The highest BCUT2D eigenvalue weighted by molar-refractivity contribution is 5.52. The molecule has 3 rings (SSSR count). The monoisotopic (exact) mass is 451 g/mol. The van der Waals surface area contributed by atoms with Crippen molar-refractivity contribution in [3.05, 3.63) is 90.0 Å². The Balaban J connectivity index is 1.87. The Bertz CT molecular complexity index is 1020.